The molecular formula is C23H25F2N3O4S. The molecular weight excluding hydrogens is 452 g/mol. The van der Waals surface area contributed by atoms with Gasteiger partial charge in [-0.15, -0.1) is 0 Å². The van der Waals surface area contributed by atoms with Gasteiger partial charge in [0.2, 0.25) is 15.9 Å². The summed E-state index contributed by atoms with van der Waals surface area (Å²) in [5.74, 6) is -2.72. The Balaban J connectivity index is 1.27. The summed E-state index contributed by atoms with van der Waals surface area (Å²) >= 11 is 0. The number of nitrogens with one attached hydrogen (secondary N) is 1. The first kappa shape index (κ1) is 23.3. The van der Waals surface area contributed by atoms with Crippen LogP contribution in [0.5, 0.6) is 0 Å². The molecule has 0 unspecified atom stereocenters. The Morgan fingerprint density at radius 3 is 2.39 bits per heavy atom. The number of halogens is 2. The molecule has 1 saturated heterocycles. The molecule has 0 saturated carbocycles. The monoisotopic (exact) mass is 477 g/mol. The second-order valence-corrected chi connectivity index (χ2v) is 10.1. The van der Waals surface area contributed by atoms with E-state index in [0.717, 1.165) is 37.0 Å². The van der Waals surface area contributed by atoms with Crippen LogP contribution in [-0.2, 0) is 27.7 Å². The molecule has 2 aromatic rings. The summed E-state index contributed by atoms with van der Waals surface area (Å²) in [6.07, 6.45) is 2.91. The second kappa shape index (κ2) is 9.56. The number of benzene rings is 2. The van der Waals surface area contributed by atoms with Gasteiger partial charge < -0.3 is 10.2 Å². The van der Waals surface area contributed by atoms with E-state index in [1.807, 2.05) is 6.07 Å². The van der Waals surface area contributed by atoms with Gasteiger partial charge in [-0.05, 0) is 54.7 Å². The van der Waals surface area contributed by atoms with Crippen molar-refractivity contribution < 1.29 is 26.8 Å². The summed E-state index contributed by atoms with van der Waals surface area (Å²) in [5, 5.41) is 2.45. The minimum Gasteiger partial charge on any atom is -0.351 e. The zero-order valence-electron chi connectivity index (χ0n) is 18.0. The molecule has 1 aliphatic carbocycles. The van der Waals surface area contributed by atoms with Crippen LogP contribution in [0.25, 0.3) is 0 Å². The van der Waals surface area contributed by atoms with Gasteiger partial charge in [0.15, 0.2) is 0 Å². The van der Waals surface area contributed by atoms with Crippen LogP contribution in [0, 0.1) is 11.6 Å². The van der Waals surface area contributed by atoms with E-state index in [2.05, 4.69) is 5.32 Å². The standard InChI is InChI=1S/C23H25F2N3O4S/c24-18-5-7-20(21(25)15-18)23(30)26-9-8-22(29)27-10-12-28(13-11-27)33(31,32)19-6-4-16-2-1-3-17(16)14-19/h4-7,14-15H,1-3,8-13H2,(H,26,30). The Labute approximate surface area is 191 Å². The lowest BCUT2D eigenvalue weighted by atomic mass is 10.1. The van der Waals surface area contributed by atoms with Crippen LogP contribution >= 0.6 is 0 Å². The normalized spacial score (nSPS) is 16.5. The van der Waals surface area contributed by atoms with E-state index in [0.29, 0.717) is 11.0 Å². The lowest BCUT2D eigenvalue weighted by Gasteiger charge is -2.34. The molecule has 10 heteroatoms. The molecule has 7 nitrogen and oxygen atoms in total. The van der Waals surface area contributed by atoms with Gasteiger partial charge >= 0.3 is 0 Å². The van der Waals surface area contributed by atoms with E-state index in [9.17, 15) is 26.8 Å². The molecule has 176 valence electrons. The van der Waals surface area contributed by atoms with Gasteiger partial charge in [0.05, 0.1) is 10.5 Å². The predicted molar refractivity (Wildman–Crippen MR) is 117 cm³/mol. The fourth-order valence-corrected chi connectivity index (χ4v) is 5.72. The van der Waals surface area contributed by atoms with Crippen molar-refractivity contribution in [2.24, 2.45) is 0 Å². The van der Waals surface area contributed by atoms with Crippen LogP contribution in [0.4, 0.5) is 8.78 Å². The third kappa shape index (κ3) is 5.06. The van der Waals surface area contributed by atoms with Crippen molar-refractivity contribution in [3.63, 3.8) is 0 Å². The molecule has 0 aromatic heterocycles. The Morgan fingerprint density at radius 2 is 1.67 bits per heavy atom. The highest BCUT2D eigenvalue weighted by atomic mass is 32.2. The van der Waals surface area contributed by atoms with Gasteiger partial charge in [-0.25, -0.2) is 17.2 Å². The van der Waals surface area contributed by atoms with E-state index in [1.165, 1.54) is 9.87 Å². The smallest absolute Gasteiger partial charge is 0.254 e. The van der Waals surface area contributed by atoms with Crippen LogP contribution in [-0.4, -0.2) is 62.2 Å². The zero-order chi connectivity index (χ0) is 23.6. The fraction of sp³-hybridized carbons (Fsp3) is 0.391. The molecule has 1 aliphatic heterocycles. The highest BCUT2D eigenvalue weighted by Gasteiger charge is 2.30. The van der Waals surface area contributed by atoms with Crippen LogP contribution in [0.3, 0.4) is 0 Å². The fourth-order valence-electron chi connectivity index (χ4n) is 4.25. The maximum absolute atomic E-state index is 13.7. The van der Waals surface area contributed by atoms with Gasteiger partial charge in [0.25, 0.3) is 5.91 Å². The minimum absolute atomic E-state index is 0.00781. The van der Waals surface area contributed by atoms with Gasteiger partial charge in [-0.2, -0.15) is 4.31 Å². The van der Waals surface area contributed by atoms with Gasteiger partial charge in [0, 0.05) is 45.2 Å². The molecule has 2 aromatic carbocycles. The summed E-state index contributed by atoms with van der Waals surface area (Å²) in [4.78, 5) is 26.3. The molecule has 1 heterocycles. The third-order valence-corrected chi connectivity index (χ3v) is 7.99. The summed E-state index contributed by atoms with van der Waals surface area (Å²) in [6, 6.07) is 7.96. The van der Waals surface area contributed by atoms with Crippen molar-refractivity contribution in [2.45, 2.75) is 30.6 Å². The van der Waals surface area contributed by atoms with E-state index in [1.54, 1.807) is 17.0 Å². The number of hydrogen-bond acceptors (Lipinski definition) is 4. The first-order valence-electron chi connectivity index (χ1n) is 10.9. The van der Waals surface area contributed by atoms with E-state index < -0.39 is 27.6 Å². The number of piperazine rings is 1. The second-order valence-electron chi connectivity index (χ2n) is 8.20. The van der Waals surface area contributed by atoms with Crippen molar-refractivity contribution in [1.29, 1.82) is 0 Å². The maximum Gasteiger partial charge on any atom is 0.254 e. The number of sulfonamides is 1. The average molecular weight is 478 g/mol. The number of aryl methyl sites for hydroxylation is 2. The number of amides is 2. The predicted octanol–water partition coefficient (Wildman–Crippen LogP) is 2.11. The molecule has 33 heavy (non-hydrogen) atoms. The molecule has 0 bridgehead atoms. The molecule has 2 aliphatic rings. The summed E-state index contributed by atoms with van der Waals surface area (Å²) < 4.78 is 54.1. The van der Waals surface area contributed by atoms with E-state index in [-0.39, 0.29) is 50.6 Å². The topological polar surface area (TPSA) is 86.8 Å². The van der Waals surface area contributed by atoms with E-state index in [4.69, 9.17) is 0 Å². The Morgan fingerprint density at radius 1 is 0.939 bits per heavy atom. The van der Waals surface area contributed by atoms with Crippen LogP contribution in [0.1, 0.15) is 34.3 Å². The first-order chi connectivity index (χ1) is 15.8. The first-order valence-corrected chi connectivity index (χ1v) is 12.3. The molecule has 0 radical (unpaired) electrons. The molecule has 0 spiro atoms. The number of hydrogen-bond donors (Lipinski definition) is 1. The van der Waals surface area contributed by atoms with Gasteiger partial charge in [-0.3, -0.25) is 9.59 Å². The highest BCUT2D eigenvalue weighted by Crippen LogP contribution is 2.26. The van der Waals surface area contributed by atoms with Gasteiger partial charge in [0.1, 0.15) is 11.6 Å². The molecule has 1 fully saturated rings. The quantitative estimate of drug-likeness (QED) is 0.691. The average Bonchev–Trinajstić information content (AvgIpc) is 3.27. The zero-order valence-corrected chi connectivity index (χ0v) is 18.8. The molecule has 0 atom stereocenters. The molecule has 4 rings (SSSR count). The number of fused-ring (bicyclic) bond motifs is 1. The summed E-state index contributed by atoms with van der Waals surface area (Å²) in [5.41, 5.74) is 2.00. The van der Waals surface area contributed by atoms with Crippen molar-refractivity contribution in [2.75, 3.05) is 32.7 Å². The highest BCUT2D eigenvalue weighted by molar-refractivity contribution is 7.89. The van der Waals surface area contributed by atoms with Crippen LogP contribution < -0.4 is 5.32 Å². The van der Waals surface area contributed by atoms with E-state index >= 15 is 0 Å². The SMILES string of the molecule is O=C(NCCC(=O)N1CCN(S(=O)(=O)c2ccc3c(c2)CCC3)CC1)c1ccc(F)cc1F. The number of carbonyl (C=O) groups excluding carboxylic acids is 2. The number of nitrogens with zero attached hydrogens (tertiary/aromatic N) is 2. The van der Waals surface area contributed by atoms with Crippen molar-refractivity contribution >= 4 is 21.8 Å². The Kier molecular flexibility index (Phi) is 6.76. The number of carbonyl (C=O) groups is 2. The van der Waals surface area contributed by atoms with Crippen LogP contribution in [0.2, 0.25) is 0 Å². The Bertz CT molecular complexity index is 1180. The largest absolute Gasteiger partial charge is 0.351 e. The molecule has 2 amide bonds. The summed E-state index contributed by atoms with van der Waals surface area (Å²) in [6.45, 7) is 0.881. The minimum atomic E-state index is -3.62. The van der Waals surface area contributed by atoms with Crippen LogP contribution in [0.15, 0.2) is 41.3 Å². The summed E-state index contributed by atoms with van der Waals surface area (Å²) in [7, 11) is -3.62. The number of rotatable bonds is 6. The van der Waals surface area contributed by atoms with Gasteiger partial charge in [-0.1, -0.05) is 6.07 Å². The van der Waals surface area contributed by atoms with Crippen molar-refractivity contribution in [3.8, 4) is 0 Å². The lowest BCUT2D eigenvalue weighted by molar-refractivity contribution is -0.132. The third-order valence-electron chi connectivity index (χ3n) is 6.10. The Hall–Kier alpha value is -2.85. The maximum atomic E-state index is 13.7. The molecule has 1 N–H and O–H groups in total. The van der Waals surface area contributed by atoms with Crippen molar-refractivity contribution in [1.82, 2.24) is 14.5 Å². The lowest BCUT2D eigenvalue weighted by Crippen LogP contribution is -2.50. The van der Waals surface area contributed by atoms with Crippen molar-refractivity contribution in [3.05, 3.63) is 64.7 Å².